The van der Waals surface area contributed by atoms with Gasteiger partial charge in [0.25, 0.3) is 0 Å². The molecule has 4 nitrogen and oxygen atoms in total. The van der Waals surface area contributed by atoms with Crippen molar-refractivity contribution in [2.75, 3.05) is 11.4 Å². The third-order valence-electron chi connectivity index (χ3n) is 3.64. The van der Waals surface area contributed by atoms with Crippen LogP contribution < -0.4 is 4.90 Å². The number of para-hydroxylation sites is 2. The number of benzene rings is 2. The zero-order valence-corrected chi connectivity index (χ0v) is 14.1. The highest BCUT2D eigenvalue weighted by molar-refractivity contribution is 8.17. The highest BCUT2D eigenvalue weighted by atomic mass is 32.2. The molecule has 0 amide bonds. The summed E-state index contributed by atoms with van der Waals surface area (Å²) in [5.41, 5.74) is 2.22. The molecule has 24 heavy (non-hydrogen) atoms. The monoisotopic (exact) mass is 349 g/mol. The number of anilines is 1. The van der Waals surface area contributed by atoms with Crippen LogP contribution in [0.3, 0.4) is 0 Å². The van der Waals surface area contributed by atoms with Crippen LogP contribution in [0.2, 0.25) is 0 Å². The van der Waals surface area contributed by atoms with Gasteiger partial charge in [-0.25, -0.2) is 4.98 Å². The number of allylic oxidation sites excluding steroid dienone is 1. The third-order valence-corrected chi connectivity index (χ3v) is 5.67. The van der Waals surface area contributed by atoms with Crippen molar-refractivity contribution in [2.24, 2.45) is 0 Å². The van der Waals surface area contributed by atoms with Crippen LogP contribution in [-0.2, 0) is 4.79 Å². The van der Waals surface area contributed by atoms with E-state index in [0.29, 0.717) is 15.6 Å². The summed E-state index contributed by atoms with van der Waals surface area (Å²) in [4.78, 5) is 18.5. The molecule has 0 N–H and O–H groups in total. The molecule has 1 saturated heterocycles. The van der Waals surface area contributed by atoms with Gasteiger partial charge in [-0.3, -0.25) is 4.79 Å². The topological polar surface area (TPSA) is 57.0 Å². The van der Waals surface area contributed by atoms with Crippen molar-refractivity contribution < 1.29 is 4.79 Å². The molecule has 0 spiro atoms. The molecule has 1 aliphatic rings. The first-order valence-corrected chi connectivity index (χ1v) is 8.93. The van der Waals surface area contributed by atoms with Crippen molar-refractivity contribution in [1.29, 1.82) is 5.26 Å². The molecule has 6 heteroatoms. The van der Waals surface area contributed by atoms with Gasteiger partial charge < -0.3 is 4.90 Å². The number of nitrogens with zero attached hydrogens (tertiary/aromatic N) is 3. The maximum Gasteiger partial charge on any atom is 0.214 e. The summed E-state index contributed by atoms with van der Waals surface area (Å²) in [6, 6.07) is 19.7. The standard InChI is InChI=1S/C18H11N3OS2/c19-10-13(17-20-14-8-4-5-9-15(14)23-17)18-21(11-16(22)24-18)12-6-2-1-3-7-12/h1-9H,11H2/b18-13+. The zero-order valence-electron chi connectivity index (χ0n) is 12.5. The Morgan fingerprint density at radius 1 is 1.12 bits per heavy atom. The van der Waals surface area contributed by atoms with Crippen molar-refractivity contribution in [3.8, 4) is 6.07 Å². The van der Waals surface area contributed by atoms with Crippen LogP contribution in [-0.4, -0.2) is 16.6 Å². The molecule has 1 aromatic heterocycles. The van der Waals surface area contributed by atoms with E-state index in [2.05, 4.69) is 11.1 Å². The number of rotatable bonds is 2. The largest absolute Gasteiger partial charge is 0.326 e. The first-order chi connectivity index (χ1) is 11.8. The number of hydrogen-bond donors (Lipinski definition) is 0. The fourth-order valence-corrected chi connectivity index (χ4v) is 4.52. The van der Waals surface area contributed by atoms with E-state index in [1.807, 2.05) is 59.5 Å². The second-order valence-corrected chi connectivity index (χ2v) is 7.25. The lowest BCUT2D eigenvalue weighted by molar-refractivity contribution is -0.109. The number of thioether (sulfide) groups is 1. The molecule has 0 aliphatic carbocycles. The SMILES string of the molecule is N#C/C(=C1\SC(=O)CN1c1ccccc1)c1nc2ccccc2s1. The first kappa shape index (κ1) is 14.9. The van der Waals surface area contributed by atoms with E-state index in [9.17, 15) is 10.1 Å². The smallest absolute Gasteiger partial charge is 0.214 e. The maximum atomic E-state index is 12.0. The zero-order chi connectivity index (χ0) is 16.5. The van der Waals surface area contributed by atoms with Gasteiger partial charge in [0.1, 0.15) is 21.7 Å². The predicted molar refractivity (Wildman–Crippen MR) is 98.5 cm³/mol. The molecule has 0 saturated carbocycles. The Labute approximate surface area is 147 Å². The minimum Gasteiger partial charge on any atom is -0.326 e. The van der Waals surface area contributed by atoms with E-state index in [0.717, 1.165) is 27.7 Å². The van der Waals surface area contributed by atoms with Gasteiger partial charge in [0.15, 0.2) is 0 Å². The first-order valence-electron chi connectivity index (χ1n) is 7.30. The lowest BCUT2D eigenvalue weighted by Crippen LogP contribution is -2.19. The number of aromatic nitrogens is 1. The van der Waals surface area contributed by atoms with E-state index in [1.165, 1.54) is 11.3 Å². The number of carbonyl (C=O) groups excluding carboxylic acids is 1. The molecule has 1 aliphatic heterocycles. The van der Waals surface area contributed by atoms with Gasteiger partial charge in [-0.1, -0.05) is 30.3 Å². The second-order valence-electron chi connectivity index (χ2n) is 5.17. The minimum absolute atomic E-state index is 0.0303. The molecule has 0 unspecified atom stereocenters. The molecule has 0 atom stereocenters. The lowest BCUT2D eigenvalue weighted by atomic mass is 10.2. The minimum atomic E-state index is 0.0303. The van der Waals surface area contributed by atoms with E-state index in [4.69, 9.17) is 0 Å². The molecule has 2 aromatic carbocycles. The Hall–Kier alpha value is -2.62. The van der Waals surface area contributed by atoms with Crippen LogP contribution in [0.15, 0.2) is 59.6 Å². The Bertz CT molecular complexity index is 969. The summed E-state index contributed by atoms with van der Waals surface area (Å²) >= 11 is 2.59. The second kappa shape index (κ2) is 6.11. The number of nitriles is 1. The average molecular weight is 349 g/mol. The lowest BCUT2D eigenvalue weighted by Gasteiger charge is -2.18. The van der Waals surface area contributed by atoms with Gasteiger partial charge in [-0.2, -0.15) is 5.26 Å². The van der Waals surface area contributed by atoms with Gasteiger partial charge in [0.2, 0.25) is 5.12 Å². The number of thiazole rings is 1. The van der Waals surface area contributed by atoms with Gasteiger partial charge >= 0.3 is 0 Å². The normalized spacial score (nSPS) is 16.5. The molecule has 1 fully saturated rings. The molecular formula is C18H11N3OS2. The molecule has 0 bridgehead atoms. The Balaban J connectivity index is 1.87. The molecule has 4 rings (SSSR count). The van der Waals surface area contributed by atoms with Gasteiger partial charge in [0, 0.05) is 5.69 Å². The van der Waals surface area contributed by atoms with Crippen molar-refractivity contribution in [2.45, 2.75) is 0 Å². The van der Waals surface area contributed by atoms with Crippen LogP contribution in [0.4, 0.5) is 5.69 Å². The average Bonchev–Trinajstić information content (AvgIpc) is 3.20. The van der Waals surface area contributed by atoms with Gasteiger partial charge in [-0.05, 0) is 36.0 Å². The molecule has 116 valence electrons. The number of fused-ring (bicyclic) bond motifs is 1. The summed E-state index contributed by atoms with van der Waals surface area (Å²) in [5, 5.41) is 11.1. The van der Waals surface area contributed by atoms with E-state index >= 15 is 0 Å². The summed E-state index contributed by atoms with van der Waals surface area (Å²) < 4.78 is 1.03. The van der Waals surface area contributed by atoms with Crippen molar-refractivity contribution in [3.63, 3.8) is 0 Å². The van der Waals surface area contributed by atoms with Crippen LogP contribution in [0, 0.1) is 11.3 Å². The number of hydrogen-bond acceptors (Lipinski definition) is 6. The third kappa shape index (κ3) is 2.58. The van der Waals surface area contributed by atoms with Crippen LogP contribution in [0.5, 0.6) is 0 Å². The van der Waals surface area contributed by atoms with E-state index < -0.39 is 0 Å². The van der Waals surface area contributed by atoms with E-state index in [1.54, 1.807) is 0 Å². The predicted octanol–water partition coefficient (Wildman–Crippen LogP) is 4.27. The van der Waals surface area contributed by atoms with Crippen LogP contribution in [0.25, 0.3) is 15.8 Å². The Kier molecular flexibility index (Phi) is 3.81. The summed E-state index contributed by atoms with van der Waals surface area (Å²) in [7, 11) is 0. The molecule has 0 radical (unpaired) electrons. The highest BCUT2D eigenvalue weighted by Gasteiger charge is 2.31. The summed E-state index contributed by atoms with van der Waals surface area (Å²) in [5.74, 6) is 0. The Morgan fingerprint density at radius 2 is 1.88 bits per heavy atom. The van der Waals surface area contributed by atoms with Crippen molar-refractivity contribution in [3.05, 3.63) is 64.6 Å². The quantitative estimate of drug-likeness (QED) is 0.647. The van der Waals surface area contributed by atoms with Crippen molar-refractivity contribution >= 4 is 49.7 Å². The Morgan fingerprint density at radius 3 is 2.62 bits per heavy atom. The summed E-state index contributed by atoms with van der Waals surface area (Å²) in [6.45, 7) is 0.264. The van der Waals surface area contributed by atoms with Crippen LogP contribution in [0.1, 0.15) is 5.01 Å². The maximum absolute atomic E-state index is 12.0. The van der Waals surface area contributed by atoms with Crippen LogP contribution >= 0.6 is 23.1 Å². The molecule has 2 heterocycles. The fraction of sp³-hybridized carbons (Fsp3) is 0.0556. The van der Waals surface area contributed by atoms with Gasteiger partial charge in [0.05, 0.1) is 16.8 Å². The summed E-state index contributed by atoms with van der Waals surface area (Å²) in [6.07, 6.45) is 0. The number of carbonyl (C=O) groups is 1. The van der Waals surface area contributed by atoms with Gasteiger partial charge in [-0.15, -0.1) is 11.3 Å². The highest BCUT2D eigenvalue weighted by Crippen LogP contribution is 2.40. The molecule has 3 aromatic rings. The van der Waals surface area contributed by atoms with E-state index in [-0.39, 0.29) is 11.7 Å². The van der Waals surface area contributed by atoms with Crippen molar-refractivity contribution in [1.82, 2.24) is 4.98 Å². The molecular weight excluding hydrogens is 338 g/mol. The fourth-order valence-electron chi connectivity index (χ4n) is 2.56.